The highest BCUT2D eigenvalue weighted by Crippen LogP contribution is 2.23. The van der Waals surface area contributed by atoms with E-state index in [1.165, 1.54) is 23.9 Å². The van der Waals surface area contributed by atoms with Gasteiger partial charge in [0.25, 0.3) is 0 Å². The summed E-state index contributed by atoms with van der Waals surface area (Å²) in [5.41, 5.74) is 2.21. The third-order valence-electron chi connectivity index (χ3n) is 2.62. The molecule has 0 saturated carbocycles. The van der Waals surface area contributed by atoms with E-state index in [0.717, 1.165) is 17.5 Å². The van der Waals surface area contributed by atoms with Gasteiger partial charge in [0.15, 0.2) is 5.16 Å². The predicted molar refractivity (Wildman–Crippen MR) is 74.4 cm³/mol. The van der Waals surface area contributed by atoms with Crippen LogP contribution in [0.15, 0.2) is 29.4 Å². The standard InChI is InChI=1S/C14H13FN2O2S/c1-8-5-9(2)17-14(16-8)20-7-10-6-11(15)3-4-12(10)13(18)19/h3-6H,7H2,1-2H3,(H,18,19). The molecule has 0 fully saturated rings. The number of rotatable bonds is 4. The fourth-order valence-electron chi connectivity index (χ4n) is 1.79. The van der Waals surface area contributed by atoms with Crippen LogP contribution >= 0.6 is 11.8 Å². The van der Waals surface area contributed by atoms with Gasteiger partial charge in [-0.1, -0.05) is 11.8 Å². The van der Waals surface area contributed by atoms with Crippen molar-refractivity contribution in [2.45, 2.75) is 24.8 Å². The summed E-state index contributed by atoms with van der Waals surface area (Å²) in [4.78, 5) is 19.6. The minimum absolute atomic E-state index is 0.100. The summed E-state index contributed by atoms with van der Waals surface area (Å²) in [5.74, 6) is -1.21. The van der Waals surface area contributed by atoms with Crippen LogP contribution in [-0.4, -0.2) is 21.0 Å². The maximum absolute atomic E-state index is 13.2. The van der Waals surface area contributed by atoms with Gasteiger partial charge in [-0.2, -0.15) is 0 Å². The van der Waals surface area contributed by atoms with Crippen molar-refractivity contribution in [3.8, 4) is 0 Å². The Morgan fingerprint density at radius 2 is 1.90 bits per heavy atom. The van der Waals surface area contributed by atoms with Crippen molar-refractivity contribution < 1.29 is 14.3 Å². The van der Waals surface area contributed by atoms with Gasteiger partial charge in [-0.05, 0) is 43.7 Å². The predicted octanol–water partition coefficient (Wildman–Crippen LogP) is 3.22. The second-order valence-corrected chi connectivity index (χ2v) is 5.27. The second kappa shape index (κ2) is 6.00. The van der Waals surface area contributed by atoms with Crippen molar-refractivity contribution in [2.24, 2.45) is 0 Å². The lowest BCUT2D eigenvalue weighted by atomic mass is 10.1. The highest BCUT2D eigenvalue weighted by Gasteiger charge is 2.12. The average molecular weight is 292 g/mol. The van der Waals surface area contributed by atoms with Crippen LogP contribution in [-0.2, 0) is 5.75 Å². The molecule has 0 amide bonds. The zero-order valence-corrected chi connectivity index (χ0v) is 11.9. The Kier molecular flexibility index (Phi) is 4.34. The van der Waals surface area contributed by atoms with Crippen molar-refractivity contribution in [3.63, 3.8) is 0 Å². The van der Waals surface area contributed by atoms with Crippen molar-refractivity contribution in [1.29, 1.82) is 0 Å². The molecule has 0 atom stereocenters. The van der Waals surface area contributed by atoms with Crippen molar-refractivity contribution >= 4 is 17.7 Å². The number of aromatic nitrogens is 2. The van der Waals surface area contributed by atoms with Crippen LogP contribution in [0.4, 0.5) is 4.39 Å². The minimum Gasteiger partial charge on any atom is -0.478 e. The monoisotopic (exact) mass is 292 g/mol. The quantitative estimate of drug-likeness (QED) is 0.692. The molecular formula is C14H13FN2O2S. The Morgan fingerprint density at radius 3 is 2.50 bits per heavy atom. The van der Waals surface area contributed by atoms with Crippen molar-refractivity contribution in [2.75, 3.05) is 0 Å². The van der Waals surface area contributed by atoms with E-state index < -0.39 is 11.8 Å². The maximum atomic E-state index is 13.2. The molecule has 20 heavy (non-hydrogen) atoms. The summed E-state index contributed by atoms with van der Waals surface area (Å²) in [6.45, 7) is 3.73. The number of carboxylic acids is 1. The third kappa shape index (κ3) is 3.54. The first-order chi connectivity index (χ1) is 9.45. The molecule has 1 aromatic carbocycles. The third-order valence-corrected chi connectivity index (χ3v) is 3.51. The van der Waals surface area contributed by atoms with E-state index >= 15 is 0 Å². The first-order valence-corrected chi connectivity index (χ1v) is 6.91. The highest BCUT2D eigenvalue weighted by molar-refractivity contribution is 7.98. The molecule has 0 aliphatic carbocycles. The van der Waals surface area contributed by atoms with Crippen LogP contribution in [0.5, 0.6) is 0 Å². The van der Waals surface area contributed by atoms with Gasteiger partial charge in [0.1, 0.15) is 5.82 Å². The number of carboxylic acid groups (broad SMARTS) is 1. The van der Waals surface area contributed by atoms with E-state index in [1.54, 1.807) is 0 Å². The fourth-order valence-corrected chi connectivity index (χ4v) is 2.73. The Morgan fingerprint density at radius 1 is 1.25 bits per heavy atom. The van der Waals surface area contributed by atoms with Crippen molar-refractivity contribution in [1.82, 2.24) is 9.97 Å². The molecule has 0 unspecified atom stereocenters. The van der Waals surface area contributed by atoms with Crippen LogP contribution in [0.2, 0.25) is 0 Å². The molecule has 1 heterocycles. The molecule has 104 valence electrons. The van der Waals surface area contributed by atoms with Gasteiger partial charge in [0, 0.05) is 17.1 Å². The summed E-state index contributed by atoms with van der Waals surface area (Å²) in [6, 6.07) is 5.51. The first kappa shape index (κ1) is 14.5. The van der Waals surface area contributed by atoms with Gasteiger partial charge in [-0.15, -0.1) is 0 Å². The number of aryl methyl sites for hydroxylation is 2. The number of thioether (sulfide) groups is 1. The molecule has 1 N–H and O–H groups in total. The Labute approximate surface area is 120 Å². The normalized spacial score (nSPS) is 10.6. The molecule has 4 nitrogen and oxygen atoms in total. The van der Waals surface area contributed by atoms with E-state index in [0.29, 0.717) is 16.5 Å². The molecule has 1 aromatic heterocycles. The zero-order valence-electron chi connectivity index (χ0n) is 11.1. The minimum atomic E-state index is -1.07. The Hall–Kier alpha value is -1.95. The van der Waals surface area contributed by atoms with Crippen LogP contribution in [0, 0.1) is 19.7 Å². The first-order valence-electron chi connectivity index (χ1n) is 5.92. The summed E-state index contributed by atoms with van der Waals surface area (Å²) >= 11 is 1.29. The molecule has 0 aliphatic heterocycles. The van der Waals surface area contributed by atoms with Gasteiger partial charge < -0.3 is 5.11 Å². The number of hydrogen-bond donors (Lipinski definition) is 1. The van der Waals surface area contributed by atoms with E-state index in [2.05, 4.69) is 9.97 Å². The number of nitrogens with zero attached hydrogens (tertiary/aromatic N) is 2. The lowest BCUT2D eigenvalue weighted by molar-refractivity contribution is 0.0696. The van der Waals surface area contributed by atoms with Crippen molar-refractivity contribution in [3.05, 3.63) is 52.6 Å². The lowest BCUT2D eigenvalue weighted by Gasteiger charge is -2.06. The Bertz CT molecular complexity index is 641. The lowest BCUT2D eigenvalue weighted by Crippen LogP contribution is -2.02. The second-order valence-electron chi connectivity index (χ2n) is 4.33. The van der Waals surface area contributed by atoms with E-state index in [-0.39, 0.29) is 5.56 Å². The molecule has 2 aromatic rings. The highest BCUT2D eigenvalue weighted by atomic mass is 32.2. The summed E-state index contributed by atoms with van der Waals surface area (Å²) in [7, 11) is 0. The molecule has 0 spiro atoms. The van der Waals surface area contributed by atoms with Gasteiger partial charge in [0.05, 0.1) is 5.56 Å². The summed E-state index contributed by atoms with van der Waals surface area (Å²) in [6.07, 6.45) is 0. The summed E-state index contributed by atoms with van der Waals surface area (Å²) < 4.78 is 13.2. The molecule has 0 aliphatic rings. The van der Waals surface area contributed by atoms with E-state index in [1.807, 2.05) is 19.9 Å². The molecule has 0 bridgehead atoms. The number of halogens is 1. The molecule has 0 saturated heterocycles. The largest absolute Gasteiger partial charge is 0.478 e. The zero-order chi connectivity index (χ0) is 14.7. The number of aromatic carboxylic acids is 1. The fraction of sp³-hybridized carbons (Fsp3) is 0.214. The topological polar surface area (TPSA) is 63.1 Å². The molecular weight excluding hydrogens is 279 g/mol. The average Bonchev–Trinajstić information content (AvgIpc) is 2.35. The molecule has 2 rings (SSSR count). The van der Waals surface area contributed by atoms with Crippen LogP contribution in [0.25, 0.3) is 0 Å². The van der Waals surface area contributed by atoms with E-state index in [4.69, 9.17) is 5.11 Å². The number of benzene rings is 1. The number of hydrogen-bond acceptors (Lipinski definition) is 4. The van der Waals surface area contributed by atoms with Gasteiger partial charge in [-0.3, -0.25) is 0 Å². The summed E-state index contributed by atoms with van der Waals surface area (Å²) in [5, 5.41) is 9.64. The maximum Gasteiger partial charge on any atom is 0.335 e. The molecule has 6 heteroatoms. The van der Waals surface area contributed by atoms with Gasteiger partial charge >= 0.3 is 5.97 Å². The van der Waals surface area contributed by atoms with Crippen LogP contribution < -0.4 is 0 Å². The smallest absolute Gasteiger partial charge is 0.335 e. The van der Waals surface area contributed by atoms with Crippen LogP contribution in [0.1, 0.15) is 27.3 Å². The van der Waals surface area contributed by atoms with Gasteiger partial charge in [-0.25, -0.2) is 19.2 Å². The van der Waals surface area contributed by atoms with Crippen LogP contribution in [0.3, 0.4) is 0 Å². The van der Waals surface area contributed by atoms with Gasteiger partial charge in [0.2, 0.25) is 0 Å². The van der Waals surface area contributed by atoms with E-state index in [9.17, 15) is 9.18 Å². The number of carbonyl (C=O) groups is 1. The molecule has 0 radical (unpaired) electrons. The Balaban J connectivity index is 2.22. The SMILES string of the molecule is Cc1cc(C)nc(SCc2cc(F)ccc2C(=O)O)n1.